The van der Waals surface area contributed by atoms with E-state index in [0.29, 0.717) is 31.9 Å². The molecule has 0 spiro atoms. The van der Waals surface area contributed by atoms with Crippen molar-refractivity contribution in [2.45, 2.75) is 32.4 Å². The van der Waals surface area contributed by atoms with Crippen molar-refractivity contribution in [3.63, 3.8) is 0 Å². The van der Waals surface area contributed by atoms with E-state index in [1.807, 2.05) is 47.1 Å². The smallest absolute Gasteiger partial charge is 0.407 e. The molecule has 1 unspecified atom stereocenters. The number of para-hydroxylation sites is 1. The Morgan fingerprint density at radius 2 is 2.06 bits per heavy atom. The fourth-order valence-corrected chi connectivity index (χ4v) is 4.34. The summed E-state index contributed by atoms with van der Waals surface area (Å²) in [5, 5.41) is 15.0. The SMILES string of the molecule is CCOC(=O)Cc1ccccc1OCc1nn(C2CCN(C(=O)O)C2)c2ccc(Br)cc12. The van der Waals surface area contributed by atoms with Gasteiger partial charge in [0.25, 0.3) is 0 Å². The Morgan fingerprint density at radius 1 is 1.25 bits per heavy atom. The number of amides is 1. The number of hydrogen-bond acceptors (Lipinski definition) is 5. The number of halogens is 1. The molecule has 1 atom stereocenters. The molecule has 1 aliphatic rings. The summed E-state index contributed by atoms with van der Waals surface area (Å²) in [6.07, 6.45) is -0.0619. The third-order valence-corrected chi connectivity index (χ3v) is 5.99. The second-order valence-electron chi connectivity index (χ2n) is 7.60. The van der Waals surface area contributed by atoms with Crippen LogP contribution in [0.25, 0.3) is 10.9 Å². The fraction of sp³-hybridized carbons (Fsp3) is 0.348. The zero-order valence-corrected chi connectivity index (χ0v) is 19.2. The zero-order valence-electron chi connectivity index (χ0n) is 17.7. The second kappa shape index (κ2) is 9.60. The molecule has 2 aromatic carbocycles. The van der Waals surface area contributed by atoms with Crippen LogP contribution in [0.4, 0.5) is 4.79 Å². The Labute approximate surface area is 193 Å². The summed E-state index contributed by atoms with van der Waals surface area (Å²) in [6, 6.07) is 13.3. The number of hydrogen-bond donors (Lipinski definition) is 1. The Kier molecular flexibility index (Phi) is 6.64. The van der Waals surface area contributed by atoms with Crippen LogP contribution in [0, 0.1) is 0 Å². The van der Waals surface area contributed by atoms with Gasteiger partial charge in [0.05, 0.1) is 24.6 Å². The molecule has 1 aliphatic heterocycles. The number of aromatic nitrogens is 2. The highest BCUT2D eigenvalue weighted by atomic mass is 79.9. The molecule has 2 heterocycles. The van der Waals surface area contributed by atoms with Crippen LogP contribution in [-0.4, -0.2) is 51.5 Å². The standard InChI is InChI=1S/C23H24BrN3O5/c1-2-31-22(28)11-15-5-3-4-6-21(15)32-14-19-18-12-16(24)7-8-20(18)27(25-19)17-9-10-26(13-17)23(29)30/h3-8,12,17H,2,9-11,13-14H2,1H3,(H,29,30). The molecule has 8 nitrogen and oxygen atoms in total. The molecule has 0 saturated carbocycles. The average molecular weight is 502 g/mol. The molecule has 1 N–H and O–H groups in total. The minimum Gasteiger partial charge on any atom is -0.487 e. The molecule has 0 radical (unpaired) electrons. The van der Waals surface area contributed by atoms with Gasteiger partial charge in [-0.3, -0.25) is 9.48 Å². The summed E-state index contributed by atoms with van der Waals surface area (Å²) >= 11 is 3.52. The highest BCUT2D eigenvalue weighted by molar-refractivity contribution is 9.10. The number of carboxylic acid groups (broad SMARTS) is 1. The maximum atomic E-state index is 11.9. The van der Waals surface area contributed by atoms with Crippen LogP contribution in [0.1, 0.15) is 30.6 Å². The minimum atomic E-state index is -0.909. The number of esters is 1. The topological polar surface area (TPSA) is 93.9 Å². The summed E-state index contributed by atoms with van der Waals surface area (Å²) in [4.78, 5) is 24.7. The van der Waals surface area contributed by atoms with Gasteiger partial charge < -0.3 is 19.5 Å². The lowest BCUT2D eigenvalue weighted by atomic mass is 10.1. The molecule has 4 rings (SSSR count). The number of ether oxygens (including phenoxy) is 2. The Bertz CT molecular complexity index is 1150. The largest absolute Gasteiger partial charge is 0.487 e. The molecule has 32 heavy (non-hydrogen) atoms. The predicted octanol–water partition coefficient (Wildman–Crippen LogP) is 4.41. The Balaban J connectivity index is 1.59. The molecule has 1 fully saturated rings. The van der Waals surface area contributed by atoms with E-state index < -0.39 is 6.09 Å². The van der Waals surface area contributed by atoms with Gasteiger partial charge in [0.2, 0.25) is 0 Å². The maximum absolute atomic E-state index is 11.9. The lowest BCUT2D eigenvalue weighted by molar-refractivity contribution is -0.142. The third kappa shape index (κ3) is 4.72. The first-order valence-corrected chi connectivity index (χ1v) is 11.3. The number of rotatable bonds is 7. The van der Waals surface area contributed by atoms with E-state index >= 15 is 0 Å². The summed E-state index contributed by atoms with van der Waals surface area (Å²) in [7, 11) is 0. The number of carbonyl (C=O) groups excluding carboxylic acids is 1. The lowest BCUT2D eigenvalue weighted by Gasteiger charge is -2.13. The first kappa shape index (κ1) is 22.1. The van der Waals surface area contributed by atoms with Crippen molar-refractivity contribution in [3.8, 4) is 5.75 Å². The van der Waals surface area contributed by atoms with Crippen molar-refractivity contribution >= 4 is 38.9 Å². The number of nitrogens with zero attached hydrogens (tertiary/aromatic N) is 3. The van der Waals surface area contributed by atoms with Gasteiger partial charge in [0.15, 0.2) is 0 Å². The molecule has 0 aliphatic carbocycles. The van der Waals surface area contributed by atoms with Crippen LogP contribution in [-0.2, 0) is 22.6 Å². The van der Waals surface area contributed by atoms with Crippen molar-refractivity contribution in [1.29, 1.82) is 0 Å². The van der Waals surface area contributed by atoms with Crippen molar-refractivity contribution in [1.82, 2.24) is 14.7 Å². The van der Waals surface area contributed by atoms with Gasteiger partial charge in [0, 0.05) is 28.5 Å². The van der Waals surface area contributed by atoms with E-state index in [4.69, 9.17) is 14.6 Å². The van der Waals surface area contributed by atoms with Gasteiger partial charge in [0.1, 0.15) is 18.1 Å². The number of benzene rings is 2. The van der Waals surface area contributed by atoms with Crippen molar-refractivity contribution < 1.29 is 24.2 Å². The molecular formula is C23H24BrN3O5. The fourth-order valence-electron chi connectivity index (χ4n) is 3.98. The number of likely N-dealkylation sites (tertiary alicyclic amines) is 1. The van der Waals surface area contributed by atoms with Crippen LogP contribution in [0.5, 0.6) is 5.75 Å². The highest BCUT2D eigenvalue weighted by Crippen LogP contribution is 2.30. The van der Waals surface area contributed by atoms with Gasteiger partial charge in [-0.25, -0.2) is 4.79 Å². The van der Waals surface area contributed by atoms with E-state index in [-0.39, 0.29) is 25.0 Å². The zero-order chi connectivity index (χ0) is 22.7. The van der Waals surface area contributed by atoms with Crippen molar-refractivity contribution in [2.75, 3.05) is 19.7 Å². The van der Waals surface area contributed by atoms with Crippen LogP contribution in [0.15, 0.2) is 46.9 Å². The monoisotopic (exact) mass is 501 g/mol. The Hall–Kier alpha value is -3.07. The minimum absolute atomic E-state index is 0.0281. The molecular weight excluding hydrogens is 478 g/mol. The van der Waals surface area contributed by atoms with E-state index in [1.54, 1.807) is 6.92 Å². The highest BCUT2D eigenvalue weighted by Gasteiger charge is 2.29. The van der Waals surface area contributed by atoms with Crippen LogP contribution < -0.4 is 4.74 Å². The van der Waals surface area contributed by atoms with Gasteiger partial charge in [-0.1, -0.05) is 34.1 Å². The van der Waals surface area contributed by atoms with E-state index in [1.165, 1.54) is 4.90 Å². The van der Waals surface area contributed by atoms with Gasteiger partial charge in [-0.05, 0) is 37.6 Å². The third-order valence-electron chi connectivity index (χ3n) is 5.50. The molecule has 1 aromatic heterocycles. The summed E-state index contributed by atoms with van der Waals surface area (Å²) < 4.78 is 14.0. The predicted molar refractivity (Wildman–Crippen MR) is 122 cm³/mol. The first-order chi connectivity index (χ1) is 15.5. The van der Waals surface area contributed by atoms with E-state index in [9.17, 15) is 14.7 Å². The van der Waals surface area contributed by atoms with Gasteiger partial charge in [-0.15, -0.1) is 0 Å². The molecule has 3 aromatic rings. The molecule has 168 valence electrons. The van der Waals surface area contributed by atoms with Gasteiger partial charge in [-0.2, -0.15) is 5.10 Å². The van der Waals surface area contributed by atoms with E-state index in [2.05, 4.69) is 15.9 Å². The summed E-state index contributed by atoms with van der Waals surface area (Å²) in [5.41, 5.74) is 2.44. The lowest BCUT2D eigenvalue weighted by Crippen LogP contribution is -2.27. The van der Waals surface area contributed by atoms with Gasteiger partial charge >= 0.3 is 12.1 Å². The molecule has 1 saturated heterocycles. The van der Waals surface area contributed by atoms with Crippen molar-refractivity contribution in [2.24, 2.45) is 0 Å². The molecule has 0 bridgehead atoms. The average Bonchev–Trinajstić information content (AvgIpc) is 3.38. The quantitative estimate of drug-likeness (QED) is 0.482. The van der Waals surface area contributed by atoms with Crippen LogP contribution >= 0.6 is 15.9 Å². The maximum Gasteiger partial charge on any atom is 0.407 e. The summed E-state index contributed by atoms with van der Waals surface area (Å²) in [5.74, 6) is 0.308. The van der Waals surface area contributed by atoms with Crippen molar-refractivity contribution in [3.05, 3.63) is 58.2 Å². The molecule has 1 amide bonds. The Morgan fingerprint density at radius 3 is 2.81 bits per heavy atom. The van der Waals surface area contributed by atoms with Crippen LogP contribution in [0.3, 0.4) is 0 Å². The number of carbonyl (C=O) groups is 2. The molecule has 9 heteroatoms. The second-order valence-corrected chi connectivity index (χ2v) is 8.52. The first-order valence-electron chi connectivity index (χ1n) is 10.5. The normalized spacial score (nSPS) is 15.8. The van der Waals surface area contributed by atoms with Crippen LogP contribution in [0.2, 0.25) is 0 Å². The number of fused-ring (bicyclic) bond motifs is 1. The summed E-state index contributed by atoms with van der Waals surface area (Å²) in [6.45, 7) is 3.23. The van der Waals surface area contributed by atoms with E-state index in [0.717, 1.165) is 26.6 Å².